The first-order valence-corrected chi connectivity index (χ1v) is 9.92. The zero-order valence-corrected chi connectivity index (χ0v) is 17.0. The number of hydrogen-bond acceptors (Lipinski definition) is 5. The molecular weight excluding hydrogens is 364 g/mol. The number of aromatic nitrogens is 4. The topological polar surface area (TPSA) is 75.9 Å². The van der Waals surface area contributed by atoms with Gasteiger partial charge in [0, 0.05) is 25.5 Å². The highest BCUT2D eigenvalue weighted by molar-refractivity contribution is 5.91. The van der Waals surface area contributed by atoms with Crippen molar-refractivity contribution in [2.45, 2.75) is 32.4 Å². The molecule has 29 heavy (non-hydrogen) atoms. The normalized spacial score (nSPS) is 12.1. The SMILES string of the molecule is CC(CCN(C)CCn1cc(C(=O)NCc2ccncc2)nn1)c1ccccc1. The fourth-order valence-electron chi connectivity index (χ4n) is 3.03. The molecule has 7 heteroatoms. The maximum Gasteiger partial charge on any atom is 0.273 e. The highest BCUT2D eigenvalue weighted by atomic mass is 16.2. The highest BCUT2D eigenvalue weighted by Crippen LogP contribution is 2.18. The largest absolute Gasteiger partial charge is 0.347 e. The summed E-state index contributed by atoms with van der Waals surface area (Å²) in [6, 6.07) is 14.3. The van der Waals surface area contributed by atoms with Crippen LogP contribution in [0.15, 0.2) is 61.1 Å². The first-order chi connectivity index (χ1) is 14.1. The maximum atomic E-state index is 12.2. The fraction of sp³-hybridized carbons (Fsp3) is 0.364. The van der Waals surface area contributed by atoms with Gasteiger partial charge in [-0.1, -0.05) is 42.5 Å². The molecule has 152 valence electrons. The van der Waals surface area contributed by atoms with Crippen LogP contribution in [0.2, 0.25) is 0 Å². The lowest BCUT2D eigenvalue weighted by Gasteiger charge is -2.19. The molecule has 1 amide bonds. The van der Waals surface area contributed by atoms with Gasteiger partial charge < -0.3 is 10.2 Å². The third-order valence-electron chi connectivity index (χ3n) is 5.00. The number of nitrogens with one attached hydrogen (secondary N) is 1. The smallest absolute Gasteiger partial charge is 0.273 e. The van der Waals surface area contributed by atoms with E-state index in [9.17, 15) is 4.79 Å². The van der Waals surface area contributed by atoms with Gasteiger partial charge in [-0.05, 0) is 49.2 Å². The molecule has 0 radical (unpaired) electrons. The number of carbonyl (C=O) groups is 1. The molecule has 2 aromatic heterocycles. The lowest BCUT2D eigenvalue weighted by Crippen LogP contribution is -2.25. The van der Waals surface area contributed by atoms with Crippen molar-refractivity contribution in [3.63, 3.8) is 0 Å². The van der Waals surface area contributed by atoms with Gasteiger partial charge in [0.15, 0.2) is 5.69 Å². The Morgan fingerprint density at radius 1 is 1.14 bits per heavy atom. The summed E-state index contributed by atoms with van der Waals surface area (Å²) in [7, 11) is 2.11. The van der Waals surface area contributed by atoms with E-state index in [4.69, 9.17) is 0 Å². The monoisotopic (exact) mass is 392 g/mol. The summed E-state index contributed by atoms with van der Waals surface area (Å²) in [6.45, 7) is 5.25. The van der Waals surface area contributed by atoms with Gasteiger partial charge in [0.05, 0.1) is 12.7 Å². The quantitative estimate of drug-likeness (QED) is 0.574. The molecule has 3 rings (SSSR count). The van der Waals surface area contributed by atoms with E-state index in [0.717, 1.165) is 25.1 Å². The van der Waals surface area contributed by atoms with Crippen molar-refractivity contribution in [3.8, 4) is 0 Å². The number of pyridine rings is 1. The van der Waals surface area contributed by atoms with Crippen LogP contribution in [0.1, 0.15) is 40.9 Å². The summed E-state index contributed by atoms with van der Waals surface area (Å²) in [4.78, 5) is 18.5. The number of rotatable bonds is 10. The van der Waals surface area contributed by atoms with Crippen LogP contribution in [-0.2, 0) is 13.1 Å². The van der Waals surface area contributed by atoms with Gasteiger partial charge in [-0.2, -0.15) is 0 Å². The molecule has 0 fully saturated rings. The molecule has 0 aliphatic carbocycles. The molecule has 1 aromatic carbocycles. The molecule has 2 heterocycles. The van der Waals surface area contributed by atoms with E-state index >= 15 is 0 Å². The van der Waals surface area contributed by atoms with Crippen molar-refractivity contribution in [2.75, 3.05) is 20.1 Å². The first-order valence-electron chi connectivity index (χ1n) is 9.92. The molecule has 1 unspecified atom stereocenters. The number of nitrogens with zero attached hydrogens (tertiary/aromatic N) is 5. The molecule has 7 nitrogen and oxygen atoms in total. The maximum absolute atomic E-state index is 12.2. The molecule has 0 aliphatic heterocycles. The summed E-state index contributed by atoms with van der Waals surface area (Å²) in [6.07, 6.45) is 6.20. The Morgan fingerprint density at radius 3 is 2.66 bits per heavy atom. The van der Waals surface area contributed by atoms with Crippen LogP contribution in [0.4, 0.5) is 0 Å². The number of amides is 1. The van der Waals surface area contributed by atoms with E-state index in [1.165, 1.54) is 5.56 Å². The Kier molecular flexibility index (Phi) is 7.47. The number of likely N-dealkylation sites (N-methyl/N-ethyl adjacent to an activating group) is 1. The number of carbonyl (C=O) groups excluding carboxylic acids is 1. The third kappa shape index (κ3) is 6.50. The summed E-state index contributed by atoms with van der Waals surface area (Å²) in [5.41, 5.74) is 2.70. The molecule has 0 saturated carbocycles. The minimum Gasteiger partial charge on any atom is -0.347 e. The van der Waals surface area contributed by atoms with Crippen molar-refractivity contribution < 1.29 is 4.79 Å². The standard InChI is InChI=1S/C22H28N6O/c1-18(20-6-4-3-5-7-20)10-13-27(2)14-15-28-17-21(25-26-28)22(29)24-16-19-8-11-23-12-9-19/h3-9,11-12,17-18H,10,13-16H2,1-2H3,(H,24,29). The van der Waals surface area contributed by atoms with Crippen molar-refractivity contribution in [2.24, 2.45) is 0 Å². The average Bonchev–Trinajstić information content (AvgIpc) is 3.25. The molecule has 3 aromatic rings. The van der Waals surface area contributed by atoms with Crippen LogP contribution in [0.5, 0.6) is 0 Å². The highest BCUT2D eigenvalue weighted by Gasteiger charge is 2.11. The van der Waals surface area contributed by atoms with Gasteiger partial charge in [0.25, 0.3) is 5.91 Å². The minimum absolute atomic E-state index is 0.224. The van der Waals surface area contributed by atoms with E-state index in [2.05, 4.69) is 63.7 Å². The molecule has 0 saturated heterocycles. The second kappa shape index (κ2) is 10.5. The lowest BCUT2D eigenvalue weighted by atomic mass is 9.98. The average molecular weight is 393 g/mol. The van der Waals surface area contributed by atoms with E-state index in [-0.39, 0.29) is 5.91 Å². The van der Waals surface area contributed by atoms with Gasteiger partial charge in [0.2, 0.25) is 0 Å². The minimum atomic E-state index is -0.224. The Balaban J connectivity index is 1.39. The van der Waals surface area contributed by atoms with E-state index < -0.39 is 0 Å². The Bertz CT molecular complexity index is 881. The van der Waals surface area contributed by atoms with Crippen molar-refractivity contribution >= 4 is 5.91 Å². The third-order valence-corrected chi connectivity index (χ3v) is 5.00. The predicted molar refractivity (Wildman–Crippen MR) is 112 cm³/mol. The summed E-state index contributed by atoms with van der Waals surface area (Å²) in [5, 5.41) is 10.9. The number of hydrogen-bond donors (Lipinski definition) is 1. The van der Waals surface area contributed by atoms with Gasteiger partial charge >= 0.3 is 0 Å². The van der Waals surface area contributed by atoms with Crippen LogP contribution in [-0.4, -0.2) is 50.9 Å². The van der Waals surface area contributed by atoms with E-state index in [0.29, 0.717) is 24.7 Å². The zero-order chi connectivity index (χ0) is 20.5. The Hall–Kier alpha value is -3.06. The molecule has 0 spiro atoms. The van der Waals surface area contributed by atoms with Gasteiger partial charge in [-0.25, -0.2) is 0 Å². The molecule has 0 aliphatic rings. The Morgan fingerprint density at radius 2 is 1.90 bits per heavy atom. The second-order valence-electron chi connectivity index (χ2n) is 7.31. The summed E-state index contributed by atoms with van der Waals surface area (Å²) >= 11 is 0. The summed E-state index contributed by atoms with van der Waals surface area (Å²) in [5.74, 6) is 0.304. The van der Waals surface area contributed by atoms with Crippen LogP contribution >= 0.6 is 0 Å². The Labute approximate surface area is 171 Å². The lowest BCUT2D eigenvalue weighted by molar-refractivity contribution is 0.0946. The van der Waals surface area contributed by atoms with Gasteiger partial charge in [0.1, 0.15) is 0 Å². The number of benzene rings is 1. The van der Waals surface area contributed by atoms with E-state index in [1.54, 1.807) is 23.3 Å². The molecule has 1 N–H and O–H groups in total. The summed E-state index contributed by atoms with van der Waals surface area (Å²) < 4.78 is 1.72. The van der Waals surface area contributed by atoms with Crippen molar-refractivity contribution in [1.82, 2.24) is 30.2 Å². The van der Waals surface area contributed by atoms with Crippen LogP contribution < -0.4 is 5.32 Å². The van der Waals surface area contributed by atoms with Crippen molar-refractivity contribution in [1.29, 1.82) is 0 Å². The van der Waals surface area contributed by atoms with Crippen LogP contribution in [0, 0.1) is 0 Å². The predicted octanol–water partition coefficient (Wildman–Crippen LogP) is 2.73. The molecule has 0 bridgehead atoms. The van der Waals surface area contributed by atoms with Gasteiger partial charge in [-0.15, -0.1) is 5.10 Å². The first kappa shape index (κ1) is 20.7. The zero-order valence-electron chi connectivity index (χ0n) is 17.0. The fourth-order valence-corrected chi connectivity index (χ4v) is 3.03. The van der Waals surface area contributed by atoms with Crippen molar-refractivity contribution in [3.05, 3.63) is 77.9 Å². The van der Waals surface area contributed by atoms with Crippen LogP contribution in [0.25, 0.3) is 0 Å². The van der Waals surface area contributed by atoms with E-state index in [1.807, 2.05) is 18.2 Å². The van der Waals surface area contributed by atoms with Crippen LogP contribution in [0.3, 0.4) is 0 Å². The van der Waals surface area contributed by atoms with Gasteiger partial charge in [-0.3, -0.25) is 14.5 Å². The molecule has 1 atom stereocenters. The molecular formula is C22H28N6O. The second-order valence-corrected chi connectivity index (χ2v) is 7.31.